The number of benzene rings is 1. The van der Waals surface area contributed by atoms with Crippen LogP contribution in [-0.2, 0) is 5.41 Å². The topological polar surface area (TPSA) is 12.0 Å². The maximum atomic E-state index is 3.37. The molecule has 1 heteroatoms. The molecule has 0 fully saturated rings. The summed E-state index contributed by atoms with van der Waals surface area (Å²) < 4.78 is 0. The molecule has 0 bridgehead atoms. The highest BCUT2D eigenvalue weighted by molar-refractivity contribution is 5.26. The number of hydrogen-bond donors (Lipinski definition) is 1. The van der Waals surface area contributed by atoms with E-state index in [2.05, 4.69) is 61.3 Å². The summed E-state index contributed by atoms with van der Waals surface area (Å²) in [4.78, 5) is 0. The third-order valence-electron chi connectivity index (χ3n) is 3.22. The Morgan fingerprint density at radius 1 is 1.25 bits per heavy atom. The van der Waals surface area contributed by atoms with Gasteiger partial charge in [0.05, 0.1) is 0 Å². The molecule has 0 saturated carbocycles. The predicted octanol–water partition coefficient (Wildman–Crippen LogP) is 2.97. The summed E-state index contributed by atoms with van der Waals surface area (Å²) in [7, 11) is 2.01. The van der Waals surface area contributed by atoms with Gasteiger partial charge in [-0.15, -0.1) is 11.8 Å². The first kappa shape index (κ1) is 12.8. The average molecular weight is 215 g/mol. The highest BCUT2D eigenvalue weighted by atomic mass is 14.9. The van der Waals surface area contributed by atoms with Crippen LogP contribution in [0, 0.1) is 11.8 Å². The zero-order valence-electron chi connectivity index (χ0n) is 10.7. The van der Waals surface area contributed by atoms with Crippen molar-refractivity contribution in [1.82, 2.24) is 5.32 Å². The molecule has 0 aromatic heterocycles. The highest BCUT2D eigenvalue weighted by Crippen LogP contribution is 2.28. The minimum absolute atomic E-state index is 0.0971. The molecule has 0 aliphatic rings. The van der Waals surface area contributed by atoms with Crippen LogP contribution in [-0.4, -0.2) is 13.1 Å². The van der Waals surface area contributed by atoms with Crippen molar-refractivity contribution in [3.8, 4) is 11.8 Å². The fourth-order valence-corrected chi connectivity index (χ4v) is 1.99. The van der Waals surface area contributed by atoms with E-state index in [-0.39, 0.29) is 5.41 Å². The lowest BCUT2D eigenvalue weighted by Gasteiger charge is -2.33. The average Bonchev–Trinajstić information content (AvgIpc) is 2.31. The molecule has 16 heavy (non-hydrogen) atoms. The summed E-state index contributed by atoms with van der Waals surface area (Å²) >= 11 is 0. The largest absolute Gasteiger partial charge is 0.315 e. The first-order chi connectivity index (χ1) is 7.62. The SMILES string of the molecule is CC#CCC(NC)C(C)(C)c1ccccc1. The Labute approximate surface area is 99.3 Å². The Hall–Kier alpha value is -1.26. The number of nitrogens with one attached hydrogen (secondary N) is 1. The van der Waals surface area contributed by atoms with Crippen LogP contribution in [0.5, 0.6) is 0 Å². The van der Waals surface area contributed by atoms with E-state index in [0.717, 1.165) is 6.42 Å². The lowest BCUT2D eigenvalue weighted by molar-refractivity contribution is 0.364. The van der Waals surface area contributed by atoms with Crippen molar-refractivity contribution in [3.63, 3.8) is 0 Å². The molecule has 0 aliphatic carbocycles. The summed E-state index contributed by atoms with van der Waals surface area (Å²) in [5.74, 6) is 6.13. The van der Waals surface area contributed by atoms with Crippen LogP contribution >= 0.6 is 0 Å². The molecule has 0 heterocycles. The van der Waals surface area contributed by atoms with Gasteiger partial charge in [0, 0.05) is 17.9 Å². The number of rotatable bonds is 4. The Kier molecular flexibility index (Phi) is 4.58. The number of likely N-dealkylation sites (N-methyl/N-ethyl adjacent to an activating group) is 1. The van der Waals surface area contributed by atoms with E-state index in [4.69, 9.17) is 0 Å². The first-order valence-electron chi connectivity index (χ1n) is 5.75. The van der Waals surface area contributed by atoms with Gasteiger partial charge in [0.15, 0.2) is 0 Å². The van der Waals surface area contributed by atoms with Crippen LogP contribution in [0.1, 0.15) is 32.8 Å². The Bertz CT molecular complexity index is 367. The zero-order valence-corrected chi connectivity index (χ0v) is 10.7. The number of hydrogen-bond acceptors (Lipinski definition) is 1. The molecular weight excluding hydrogens is 194 g/mol. The smallest absolute Gasteiger partial charge is 0.0265 e. The second kappa shape index (κ2) is 5.72. The second-order valence-electron chi connectivity index (χ2n) is 4.56. The van der Waals surface area contributed by atoms with Crippen molar-refractivity contribution >= 4 is 0 Å². The molecule has 1 N–H and O–H groups in total. The van der Waals surface area contributed by atoms with E-state index in [1.807, 2.05) is 14.0 Å². The summed E-state index contributed by atoms with van der Waals surface area (Å²) in [5, 5.41) is 3.37. The van der Waals surface area contributed by atoms with Crippen molar-refractivity contribution in [2.75, 3.05) is 7.05 Å². The van der Waals surface area contributed by atoms with E-state index < -0.39 is 0 Å². The van der Waals surface area contributed by atoms with E-state index in [0.29, 0.717) is 6.04 Å². The van der Waals surface area contributed by atoms with Gasteiger partial charge in [0.2, 0.25) is 0 Å². The molecule has 1 aromatic rings. The molecule has 1 aromatic carbocycles. The summed E-state index contributed by atoms with van der Waals surface area (Å²) in [6.07, 6.45) is 0.884. The first-order valence-corrected chi connectivity index (χ1v) is 5.75. The normalized spacial score (nSPS) is 12.8. The van der Waals surface area contributed by atoms with Gasteiger partial charge in [-0.3, -0.25) is 0 Å². The molecule has 0 spiro atoms. The van der Waals surface area contributed by atoms with Gasteiger partial charge in [0.1, 0.15) is 0 Å². The zero-order chi connectivity index (χ0) is 12.0. The highest BCUT2D eigenvalue weighted by Gasteiger charge is 2.29. The van der Waals surface area contributed by atoms with Gasteiger partial charge in [-0.05, 0) is 19.5 Å². The molecule has 0 amide bonds. The van der Waals surface area contributed by atoms with Gasteiger partial charge < -0.3 is 5.32 Å². The fraction of sp³-hybridized carbons (Fsp3) is 0.467. The third kappa shape index (κ3) is 2.87. The van der Waals surface area contributed by atoms with Crippen LogP contribution in [0.15, 0.2) is 30.3 Å². The van der Waals surface area contributed by atoms with Gasteiger partial charge >= 0.3 is 0 Å². The molecule has 0 aliphatic heterocycles. The van der Waals surface area contributed by atoms with E-state index in [1.165, 1.54) is 5.56 Å². The van der Waals surface area contributed by atoms with E-state index in [1.54, 1.807) is 0 Å². The standard InChI is InChI=1S/C15H21N/c1-5-6-12-14(16-4)15(2,3)13-10-8-7-9-11-13/h7-11,14,16H,12H2,1-4H3. The lowest BCUT2D eigenvalue weighted by Crippen LogP contribution is -2.42. The molecule has 1 rings (SSSR count). The third-order valence-corrected chi connectivity index (χ3v) is 3.22. The van der Waals surface area contributed by atoms with E-state index in [9.17, 15) is 0 Å². The fourth-order valence-electron chi connectivity index (χ4n) is 1.99. The quantitative estimate of drug-likeness (QED) is 0.761. The molecule has 0 radical (unpaired) electrons. The van der Waals surface area contributed by atoms with Crippen molar-refractivity contribution in [1.29, 1.82) is 0 Å². The monoisotopic (exact) mass is 215 g/mol. The van der Waals surface area contributed by atoms with Gasteiger partial charge in [-0.25, -0.2) is 0 Å². The molecule has 1 atom stereocenters. The van der Waals surface area contributed by atoms with Crippen LogP contribution in [0.4, 0.5) is 0 Å². The van der Waals surface area contributed by atoms with Crippen molar-refractivity contribution in [2.45, 2.75) is 38.6 Å². The van der Waals surface area contributed by atoms with Crippen LogP contribution < -0.4 is 5.32 Å². The van der Waals surface area contributed by atoms with Crippen molar-refractivity contribution in [2.24, 2.45) is 0 Å². The minimum atomic E-state index is 0.0971. The second-order valence-corrected chi connectivity index (χ2v) is 4.56. The van der Waals surface area contributed by atoms with Gasteiger partial charge in [-0.1, -0.05) is 44.2 Å². The Morgan fingerprint density at radius 3 is 2.38 bits per heavy atom. The lowest BCUT2D eigenvalue weighted by atomic mass is 9.76. The van der Waals surface area contributed by atoms with Crippen LogP contribution in [0.2, 0.25) is 0 Å². The maximum Gasteiger partial charge on any atom is 0.0265 e. The Morgan fingerprint density at radius 2 is 1.88 bits per heavy atom. The molecule has 1 unspecified atom stereocenters. The van der Waals surface area contributed by atoms with Crippen LogP contribution in [0.25, 0.3) is 0 Å². The van der Waals surface area contributed by atoms with Gasteiger partial charge in [0.25, 0.3) is 0 Å². The summed E-state index contributed by atoms with van der Waals surface area (Å²) in [6, 6.07) is 11.0. The molecule has 1 nitrogen and oxygen atoms in total. The van der Waals surface area contributed by atoms with E-state index >= 15 is 0 Å². The van der Waals surface area contributed by atoms with Gasteiger partial charge in [-0.2, -0.15) is 0 Å². The molecule has 86 valence electrons. The van der Waals surface area contributed by atoms with Crippen molar-refractivity contribution in [3.05, 3.63) is 35.9 Å². The molecule has 0 saturated heterocycles. The Balaban J connectivity index is 2.92. The summed E-state index contributed by atoms with van der Waals surface area (Å²) in [6.45, 7) is 6.42. The summed E-state index contributed by atoms with van der Waals surface area (Å²) in [5.41, 5.74) is 1.45. The predicted molar refractivity (Wildman–Crippen MR) is 70.4 cm³/mol. The van der Waals surface area contributed by atoms with Crippen molar-refractivity contribution < 1.29 is 0 Å². The van der Waals surface area contributed by atoms with Crippen LogP contribution in [0.3, 0.4) is 0 Å². The maximum absolute atomic E-state index is 3.37. The minimum Gasteiger partial charge on any atom is -0.315 e. The molecular formula is C15H21N.